The Labute approximate surface area is 88.9 Å². The quantitative estimate of drug-likeness (QED) is 0.542. The van der Waals surface area contributed by atoms with Crippen LogP contribution in [0.15, 0.2) is 0 Å². The van der Waals surface area contributed by atoms with Crippen molar-refractivity contribution in [2.75, 3.05) is 40.3 Å². The molecular weight excluding hydrogens is 198 g/mol. The Balaban J connectivity index is 2.60. The van der Waals surface area contributed by atoms with E-state index < -0.39 is 0 Å². The van der Waals surface area contributed by atoms with E-state index in [0.717, 1.165) is 0 Å². The zero-order valence-corrected chi connectivity index (χ0v) is 9.08. The molecule has 1 saturated heterocycles. The number of carbonyl (C=O) groups excluding carboxylic acids is 2. The lowest BCUT2D eigenvalue weighted by molar-refractivity contribution is -0.147. The minimum atomic E-state index is -0.389. The SMILES string of the molecule is CNC1CNCCN(CC(=O)OC)C1=O. The molecule has 86 valence electrons. The zero-order chi connectivity index (χ0) is 11.3. The van der Waals surface area contributed by atoms with Gasteiger partial charge in [-0.2, -0.15) is 0 Å². The molecule has 1 rings (SSSR count). The molecule has 1 unspecified atom stereocenters. The Bertz CT molecular complexity index is 245. The minimum absolute atomic E-state index is 0.0230. The predicted molar refractivity (Wildman–Crippen MR) is 54.3 cm³/mol. The van der Waals surface area contributed by atoms with Crippen LogP contribution >= 0.6 is 0 Å². The normalized spacial score (nSPS) is 22.4. The average molecular weight is 215 g/mol. The van der Waals surface area contributed by atoms with Crippen LogP contribution in [0, 0.1) is 0 Å². The summed E-state index contributed by atoms with van der Waals surface area (Å²) >= 11 is 0. The molecule has 1 fully saturated rings. The van der Waals surface area contributed by atoms with Crippen LogP contribution in [0.5, 0.6) is 0 Å². The van der Waals surface area contributed by atoms with Crippen molar-refractivity contribution in [1.82, 2.24) is 15.5 Å². The second-order valence-corrected chi connectivity index (χ2v) is 3.38. The van der Waals surface area contributed by atoms with E-state index in [4.69, 9.17) is 0 Å². The fourth-order valence-corrected chi connectivity index (χ4v) is 1.48. The van der Waals surface area contributed by atoms with Gasteiger partial charge in [0.2, 0.25) is 5.91 Å². The molecule has 1 atom stereocenters. The van der Waals surface area contributed by atoms with Gasteiger partial charge in [-0.25, -0.2) is 0 Å². The maximum absolute atomic E-state index is 11.8. The van der Waals surface area contributed by atoms with Crippen molar-refractivity contribution in [3.63, 3.8) is 0 Å². The van der Waals surface area contributed by atoms with Gasteiger partial charge < -0.3 is 20.3 Å². The number of esters is 1. The van der Waals surface area contributed by atoms with E-state index in [2.05, 4.69) is 15.4 Å². The van der Waals surface area contributed by atoms with E-state index in [1.165, 1.54) is 12.0 Å². The standard InChI is InChI=1S/C9H17N3O3/c1-10-7-5-11-3-4-12(9(7)14)6-8(13)15-2/h7,10-11H,3-6H2,1-2H3. The first-order valence-electron chi connectivity index (χ1n) is 4.92. The number of methoxy groups -OCH3 is 1. The fraction of sp³-hybridized carbons (Fsp3) is 0.778. The number of ether oxygens (including phenoxy) is 1. The third-order valence-electron chi connectivity index (χ3n) is 2.41. The van der Waals surface area contributed by atoms with Gasteiger partial charge in [-0.3, -0.25) is 9.59 Å². The smallest absolute Gasteiger partial charge is 0.325 e. The summed E-state index contributed by atoms with van der Waals surface area (Å²) in [7, 11) is 3.05. The van der Waals surface area contributed by atoms with Crippen molar-refractivity contribution in [3.8, 4) is 0 Å². The molecule has 1 aliphatic rings. The Hall–Kier alpha value is -1.14. The van der Waals surface area contributed by atoms with Crippen LogP contribution in [0.3, 0.4) is 0 Å². The van der Waals surface area contributed by atoms with Gasteiger partial charge in [0.15, 0.2) is 0 Å². The van der Waals surface area contributed by atoms with Gasteiger partial charge in [0.25, 0.3) is 0 Å². The summed E-state index contributed by atoms with van der Waals surface area (Å²) in [4.78, 5) is 24.4. The summed E-state index contributed by atoms with van der Waals surface area (Å²) in [6, 6.07) is -0.267. The summed E-state index contributed by atoms with van der Waals surface area (Å²) in [5.74, 6) is -0.451. The van der Waals surface area contributed by atoms with Crippen molar-refractivity contribution < 1.29 is 14.3 Å². The number of hydrogen-bond donors (Lipinski definition) is 2. The molecular formula is C9H17N3O3. The summed E-state index contributed by atoms with van der Waals surface area (Å²) < 4.78 is 4.54. The Morgan fingerprint density at radius 3 is 3.07 bits per heavy atom. The predicted octanol–water partition coefficient (Wildman–Crippen LogP) is -1.82. The molecule has 1 amide bonds. The monoisotopic (exact) mass is 215 g/mol. The highest BCUT2D eigenvalue weighted by Crippen LogP contribution is 1.99. The van der Waals surface area contributed by atoms with E-state index in [1.807, 2.05) is 0 Å². The molecule has 0 bridgehead atoms. The minimum Gasteiger partial charge on any atom is -0.468 e. The third kappa shape index (κ3) is 3.17. The number of rotatable bonds is 3. The van der Waals surface area contributed by atoms with Gasteiger partial charge in [-0.15, -0.1) is 0 Å². The molecule has 15 heavy (non-hydrogen) atoms. The summed E-state index contributed by atoms with van der Waals surface area (Å²) in [6.07, 6.45) is 0. The molecule has 6 heteroatoms. The zero-order valence-electron chi connectivity index (χ0n) is 9.08. The number of carbonyl (C=O) groups is 2. The lowest BCUT2D eigenvalue weighted by Gasteiger charge is -2.22. The van der Waals surface area contributed by atoms with Crippen LogP contribution in [-0.4, -0.2) is 63.2 Å². The van der Waals surface area contributed by atoms with E-state index in [-0.39, 0.29) is 24.5 Å². The highest BCUT2D eigenvalue weighted by Gasteiger charge is 2.26. The molecule has 0 saturated carbocycles. The van der Waals surface area contributed by atoms with Crippen LogP contribution in [0.25, 0.3) is 0 Å². The van der Waals surface area contributed by atoms with Crippen molar-refractivity contribution >= 4 is 11.9 Å². The topological polar surface area (TPSA) is 70.7 Å². The number of nitrogens with zero attached hydrogens (tertiary/aromatic N) is 1. The van der Waals surface area contributed by atoms with Gasteiger partial charge >= 0.3 is 5.97 Å². The van der Waals surface area contributed by atoms with Crippen LogP contribution in [-0.2, 0) is 14.3 Å². The van der Waals surface area contributed by atoms with Gasteiger partial charge in [-0.1, -0.05) is 0 Å². The molecule has 0 aromatic carbocycles. The van der Waals surface area contributed by atoms with Crippen molar-refractivity contribution in [1.29, 1.82) is 0 Å². The number of nitrogens with one attached hydrogen (secondary N) is 2. The maximum Gasteiger partial charge on any atom is 0.325 e. The van der Waals surface area contributed by atoms with Crippen LogP contribution in [0.2, 0.25) is 0 Å². The van der Waals surface area contributed by atoms with E-state index in [9.17, 15) is 9.59 Å². The number of amides is 1. The molecule has 1 aliphatic heterocycles. The van der Waals surface area contributed by atoms with E-state index >= 15 is 0 Å². The molecule has 1 heterocycles. The van der Waals surface area contributed by atoms with Gasteiger partial charge in [-0.05, 0) is 7.05 Å². The maximum atomic E-state index is 11.8. The first-order valence-corrected chi connectivity index (χ1v) is 4.92. The molecule has 0 aromatic heterocycles. The Morgan fingerprint density at radius 1 is 1.73 bits per heavy atom. The highest BCUT2D eigenvalue weighted by atomic mass is 16.5. The first kappa shape index (κ1) is 11.9. The number of likely N-dealkylation sites (N-methyl/N-ethyl adjacent to an activating group) is 1. The van der Waals surface area contributed by atoms with Gasteiger partial charge in [0, 0.05) is 19.6 Å². The van der Waals surface area contributed by atoms with Crippen LogP contribution in [0.4, 0.5) is 0 Å². The van der Waals surface area contributed by atoms with Gasteiger partial charge in [0.1, 0.15) is 6.54 Å². The molecule has 0 spiro atoms. The molecule has 2 N–H and O–H groups in total. The Morgan fingerprint density at radius 2 is 2.47 bits per heavy atom. The van der Waals surface area contributed by atoms with Crippen molar-refractivity contribution in [2.24, 2.45) is 0 Å². The summed E-state index contributed by atoms with van der Waals surface area (Å²) in [5.41, 5.74) is 0. The largest absolute Gasteiger partial charge is 0.468 e. The second-order valence-electron chi connectivity index (χ2n) is 3.38. The summed E-state index contributed by atoms with van der Waals surface area (Å²) in [6.45, 7) is 1.84. The van der Waals surface area contributed by atoms with Crippen molar-refractivity contribution in [3.05, 3.63) is 0 Å². The molecule has 0 aliphatic carbocycles. The third-order valence-corrected chi connectivity index (χ3v) is 2.41. The second kappa shape index (κ2) is 5.67. The van der Waals surface area contributed by atoms with Gasteiger partial charge in [0.05, 0.1) is 13.2 Å². The van der Waals surface area contributed by atoms with Crippen LogP contribution < -0.4 is 10.6 Å². The number of hydrogen-bond acceptors (Lipinski definition) is 5. The average Bonchev–Trinajstić information content (AvgIpc) is 2.42. The lowest BCUT2D eigenvalue weighted by Crippen LogP contribution is -2.48. The lowest BCUT2D eigenvalue weighted by atomic mass is 10.2. The van der Waals surface area contributed by atoms with E-state index in [0.29, 0.717) is 19.6 Å². The fourth-order valence-electron chi connectivity index (χ4n) is 1.48. The highest BCUT2D eigenvalue weighted by molar-refractivity contribution is 5.86. The molecule has 6 nitrogen and oxygen atoms in total. The van der Waals surface area contributed by atoms with E-state index in [1.54, 1.807) is 7.05 Å². The first-order chi connectivity index (χ1) is 7.19. The Kier molecular flexibility index (Phi) is 4.51. The van der Waals surface area contributed by atoms with Crippen molar-refractivity contribution in [2.45, 2.75) is 6.04 Å². The molecule has 0 aromatic rings. The van der Waals surface area contributed by atoms with Crippen LogP contribution in [0.1, 0.15) is 0 Å². The molecule has 0 radical (unpaired) electrons. The summed E-state index contributed by atoms with van der Waals surface area (Å²) in [5, 5.41) is 6.03.